The SMILES string of the molecule is Cc1cccc(NC(=O)CSCC(=O)NNC(=S)NC2CCCCC2C)c1. The smallest absolute Gasteiger partial charge is 0.248 e. The number of hydrazine groups is 1. The number of aryl methyl sites for hydroxylation is 1. The first-order valence-corrected chi connectivity index (χ1v) is 10.8. The maximum Gasteiger partial charge on any atom is 0.248 e. The third-order valence-corrected chi connectivity index (χ3v) is 5.66. The lowest BCUT2D eigenvalue weighted by Gasteiger charge is -2.30. The highest BCUT2D eigenvalue weighted by atomic mass is 32.2. The fourth-order valence-corrected chi connectivity index (χ4v) is 3.87. The maximum atomic E-state index is 11.9. The molecular weight excluding hydrogens is 380 g/mol. The highest BCUT2D eigenvalue weighted by Gasteiger charge is 2.21. The van der Waals surface area contributed by atoms with Crippen LogP contribution in [0.1, 0.15) is 38.2 Å². The molecule has 6 nitrogen and oxygen atoms in total. The maximum absolute atomic E-state index is 11.9. The molecule has 0 aromatic heterocycles. The molecule has 0 spiro atoms. The van der Waals surface area contributed by atoms with E-state index in [1.807, 2.05) is 31.2 Å². The van der Waals surface area contributed by atoms with Gasteiger partial charge in [-0.15, -0.1) is 11.8 Å². The Morgan fingerprint density at radius 2 is 1.89 bits per heavy atom. The normalized spacial score (nSPS) is 19.0. The lowest BCUT2D eigenvalue weighted by molar-refractivity contribution is -0.119. The van der Waals surface area contributed by atoms with E-state index in [2.05, 4.69) is 28.4 Å². The number of nitrogens with one attached hydrogen (secondary N) is 4. The summed E-state index contributed by atoms with van der Waals surface area (Å²) in [5.74, 6) is 0.621. The first-order chi connectivity index (χ1) is 12.9. The van der Waals surface area contributed by atoms with Crippen molar-refractivity contribution in [1.82, 2.24) is 16.2 Å². The van der Waals surface area contributed by atoms with Gasteiger partial charge in [-0.05, 0) is 55.6 Å². The highest BCUT2D eigenvalue weighted by Crippen LogP contribution is 2.23. The number of thiocarbonyl (C=S) groups is 1. The number of hydrogen-bond acceptors (Lipinski definition) is 4. The summed E-state index contributed by atoms with van der Waals surface area (Å²) in [7, 11) is 0. The molecule has 8 heteroatoms. The molecule has 148 valence electrons. The topological polar surface area (TPSA) is 82.3 Å². The van der Waals surface area contributed by atoms with E-state index in [1.165, 1.54) is 31.0 Å². The van der Waals surface area contributed by atoms with Gasteiger partial charge in [0.1, 0.15) is 0 Å². The fraction of sp³-hybridized carbons (Fsp3) is 0.526. The van der Waals surface area contributed by atoms with Gasteiger partial charge in [0, 0.05) is 11.7 Å². The van der Waals surface area contributed by atoms with Gasteiger partial charge in [-0.25, -0.2) is 0 Å². The summed E-state index contributed by atoms with van der Waals surface area (Å²) in [4.78, 5) is 23.8. The van der Waals surface area contributed by atoms with Crippen LogP contribution in [0.3, 0.4) is 0 Å². The van der Waals surface area contributed by atoms with Crippen LogP contribution >= 0.6 is 24.0 Å². The van der Waals surface area contributed by atoms with E-state index in [-0.39, 0.29) is 23.3 Å². The molecule has 1 aliphatic rings. The van der Waals surface area contributed by atoms with E-state index in [4.69, 9.17) is 12.2 Å². The van der Waals surface area contributed by atoms with Crippen molar-refractivity contribution in [2.24, 2.45) is 5.92 Å². The number of anilines is 1. The summed E-state index contributed by atoms with van der Waals surface area (Å²) in [5.41, 5.74) is 7.16. The zero-order valence-corrected chi connectivity index (χ0v) is 17.5. The minimum Gasteiger partial charge on any atom is -0.358 e. The lowest BCUT2D eigenvalue weighted by Crippen LogP contribution is -2.52. The van der Waals surface area contributed by atoms with E-state index in [1.54, 1.807) is 0 Å². The van der Waals surface area contributed by atoms with Crippen molar-refractivity contribution < 1.29 is 9.59 Å². The number of amides is 2. The second-order valence-corrected chi connectivity index (χ2v) is 8.32. The molecule has 1 aromatic carbocycles. The van der Waals surface area contributed by atoms with Crippen molar-refractivity contribution in [2.45, 2.75) is 45.6 Å². The van der Waals surface area contributed by atoms with E-state index >= 15 is 0 Å². The molecule has 1 aliphatic carbocycles. The first kappa shape index (κ1) is 21.5. The zero-order valence-electron chi connectivity index (χ0n) is 15.8. The van der Waals surface area contributed by atoms with E-state index in [0.29, 0.717) is 17.1 Å². The van der Waals surface area contributed by atoms with Crippen LogP contribution in [0.2, 0.25) is 0 Å². The monoisotopic (exact) mass is 408 g/mol. The minimum absolute atomic E-state index is 0.130. The van der Waals surface area contributed by atoms with Crippen molar-refractivity contribution in [1.29, 1.82) is 0 Å². The molecule has 2 amide bonds. The molecule has 1 aromatic rings. The summed E-state index contributed by atoms with van der Waals surface area (Å²) in [6, 6.07) is 7.96. The Labute approximate surface area is 170 Å². The predicted octanol–water partition coefficient (Wildman–Crippen LogP) is 2.74. The summed E-state index contributed by atoms with van der Waals surface area (Å²) in [6.45, 7) is 4.19. The lowest BCUT2D eigenvalue weighted by atomic mass is 9.86. The van der Waals surface area contributed by atoms with E-state index in [9.17, 15) is 9.59 Å². The summed E-state index contributed by atoms with van der Waals surface area (Å²) < 4.78 is 0. The first-order valence-electron chi connectivity index (χ1n) is 9.23. The number of carbonyl (C=O) groups is 2. The molecule has 27 heavy (non-hydrogen) atoms. The molecule has 0 bridgehead atoms. The second-order valence-electron chi connectivity index (χ2n) is 6.93. The summed E-state index contributed by atoms with van der Waals surface area (Å²) in [6.07, 6.45) is 4.78. The Kier molecular flexibility index (Phi) is 8.87. The van der Waals surface area contributed by atoms with Crippen LogP contribution in [0.15, 0.2) is 24.3 Å². The van der Waals surface area contributed by atoms with Crippen LogP contribution < -0.4 is 21.5 Å². The number of carbonyl (C=O) groups excluding carboxylic acids is 2. The van der Waals surface area contributed by atoms with Gasteiger partial charge in [0.15, 0.2) is 5.11 Å². The Hall–Kier alpha value is -1.80. The summed E-state index contributed by atoms with van der Waals surface area (Å²) in [5, 5.41) is 6.52. The Bertz CT molecular complexity index is 669. The molecule has 0 radical (unpaired) electrons. The fourth-order valence-electron chi connectivity index (χ4n) is 3.05. The molecule has 1 saturated carbocycles. The molecule has 0 saturated heterocycles. The van der Waals surface area contributed by atoms with Gasteiger partial charge in [-0.3, -0.25) is 20.4 Å². The van der Waals surface area contributed by atoms with Gasteiger partial charge >= 0.3 is 0 Å². The van der Waals surface area contributed by atoms with Gasteiger partial charge in [0.25, 0.3) is 0 Å². The second kappa shape index (κ2) is 11.1. The summed E-state index contributed by atoms with van der Waals surface area (Å²) >= 11 is 6.49. The van der Waals surface area contributed by atoms with Crippen LogP contribution in [0.4, 0.5) is 5.69 Å². The molecule has 1 fully saturated rings. The Morgan fingerprint density at radius 3 is 2.63 bits per heavy atom. The van der Waals surface area contributed by atoms with Crippen LogP contribution in [0.5, 0.6) is 0 Å². The van der Waals surface area contributed by atoms with Crippen LogP contribution in [0.25, 0.3) is 0 Å². The van der Waals surface area contributed by atoms with Gasteiger partial charge in [-0.2, -0.15) is 0 Å². The molecule has 4 N–H and O–H groups in total. The molecule has 2 atom stereocenters. The van der Waals surface area contributed by atoms with E-state index in [0.717, 1.165) is 17.7 Å². The van der Waals surface area contributed by atoms with Crippen molar-refractivity contribution in [2.75, 3.05) is 16.8 Å². The third kappa shape index (κ3) is 8.17. The van der Waals surface area contributed by atoms with Crippen LogP contribution in [0, 0.1) is 12.8 Å². The third-order valence-electron chi connectivity index (χ3n) is 4.51. The van der Waals surface area contributed by atoms with Gasteiger partial charge in [0.05, 0.1) is 11.5 Å². The van der Waals surface area contributed by atoms with Gasteiger partial charge in [-0.1, -0.05) is 31.9 Å². The molecule has 0 heterocycles. The predicted molar refractivity (Wildman–Crippen MR) is 116 cm³/mol. The van der Waals surface area contributed by atoms with Gasteiger partial charge < -0.3 is 10.6 Å². The van der Waals surface area contributed by atoms with Crippen molar-refractivity contribution in [3.63, 3.8) is 0 Å². The van der Waals surface area contributed by atoms with Gasteiger partial charge in [0.2, 0.25) is 11.8 Å². The van der Waals surface area contributed by atoms with E-state index < -0.39 is 0 Å². The number of hydrogen-bond donors (Lipinski definition) is 4. The van der Waals surface area contributed by atoms with Crippen LogP contribution in [-0.4, -0.2) is 34.5 Å². The molecule has 2 rings (SSSR count). The zero-order chi connectivity index (χ0) is 19.6. The standard InChI is InChI=1S/C19H28N4O2S2/c1-13-6-5-8-15(10-13)20-17(24)11-27-12-18(25)22-23-19(26)21-16-9-4-3-7-14(16)2/h5-6,8,10,14,16H,3-4,7,9,11-12H2,1-2H3,(H,20,24)(H,22,25)(H2,21,23,26). The average Bonchev–Trinajstić information content (AvgIpc) is 2.62. The quantitative estimate of drug-likeness (QED) is 0.428. The Morgan fingerprint density at radius 1 is 1.15 bits per heavy atom. The molecule has 0 aliphatic heterocycles. The molecule has 2 unspecified atom stereocenters. The van der Waals surface area contributed by atoms with Crippen molar-refractivity contribution in [3.8, 4) is 0 Å². The highest BCUT2D eigenvalue weighted by molar-refractivity contribution is 8.00. The number of benzene rings is 1. The van der Waals surface area contributed by atoms with Crippen LogP contribution in [-0.2, 0) is 9.59 Å². The largest absolute Gasteiger partial charge is 0.358 e. The van der Waals surface area contributed by atoms with Crippen molar-refractivity contribution in [3.05, 3.63) is 29.8 Å². The average molecular weight is 409 g/mol. The Balaban J connectivity index is 1.58. The number of thioether (sulfide) groups is 1. The number of rotatable bonds is 6. The molecular formula is C19H28N4O2S2. The van der Waals surface area contributed by atoms with Crippen molar-refractivity contribution >= 4 is 46.6 Å². The minimum atomic E-state index is -0.218.